The van der Waals surface area contributed by atoms with E-state index in [1.165, 1.54) is 43.4 Å². The van der Waals surface area contributed by atoms with Crippen molar-refractivity contribution < 1.29 is 9.90 Å². The molecule has 1 N–H and O–H groups in total. The first-order valence-corrected chi connectivity index (χ1v) is 8.59. The van der Waals surface area contributed by atoms with E-state index in [1.807, 2.05) is 0 Å². The van der Waals surface area contributed by atoms with Crippen LogP contribution in [-0.2, 0) is 17.6 Å². The third-order valence-electron chi connectivity index (χ3n) is 5.06. The molecule has 0 spiro atoms. The van der Waals surface area contributed by atoms with Gasteiger partial charge in [-0.25, -0.2) is 0 Å². The van der Waals surface area contributed by atoms with E-state index in [0.29, 0.717) is 6.42 Å². The fraction of sp³-hybridized carbons (Fsp3) is 0.227. The summed E-state index contributed by atoms with van der Waals surface area (Å²) in [6.45, 7) is 2.20. The van der Waals surface area contributed by atoms with Crippen LogP contribution in [0.2, 0.25) is 0 Å². The Bertz CT molecular complexity index is 1050. The van der Waals surface area contributed by atoms with Crippen molar-refractivity contribution in [2.24, 2.45) is 0 Å². The first kappa shape index (κ1) is 14.9. The van der Waals surface area contributed by atoms with Crippen molar-refractivity contribution in [3.05, 3.63) is 59.7 Å². The van der Waals surface area contributed by atoms with E-state index in [2.05, 4.69) is 55.5 Å². The molecule has 0 saturated heterocycles. The molecule has 2 nitrogen and oxygen atoms in total. The predicted octanol–water partition coefficient (Wildman–Crippen LogP) is 5.55. The molecular weight excluding hydrogens is 296 g/mol. The first-order valence-electron chi connectivity index (χ1n) is 8.59. The topological polar surface area (TPSA) is 37.3 Å². The molecule has 0 aliphatic carbocycles. The largest absolute Gasteiger partial charge is 0.481 e. The Morgan fingerprint density at radius 3 is 1.96 bits per heavy atom. The Labute approximate surface area is 141 Å². The van der Waals surface area contributed by atoms with Crippen molar-refractivity contribution in [2.45, 2.75) is 32.6 Å². The molecule has 24 heavy (non-hydrogen) atoms. The van der Waals surface area contributed by atoms with Crippen LogP contribution >= 0.6 is 0 Å². The van der Waals surface area contributed by atoms with Crippen molar-refractivity contribution in [1.29, 1.82) is 0 Å². The molecule has 4 aromatic carbocycles. The molecule has 0 heterocycles. The smallest absolute Gasteiger partial charge is 0.303 e. The number of rotatable bonds is 5. The highest BCUT2D eigenvalue weighted by Gasteiger charge is 2.12. The van der Waals surface area contributed by atoms with Crippen molar-refractivity contribution in [3.63, 3.8) is 0 Å². The summed E-state index contributed by atoms with van der Waals surface area (Å²) in [5, 5.41) is 16.7. The molecule has 0 saturated carbocycles. The molecule has 4 rings (SSSR count). The molecule has 4 aromatic rings. The molecule has 2 heteroatoms. The van der Waals surface area contributed by atoms with E-state index in [1.54, 1.807) is 0 Å². The van der Waals surface area contributed by atoms with Gasteiger partial charge in [-0.1, -0.05) is 55.5 Å². The Kier molecular flexibility index (Phi) is 3.61. The lowest BCUT2D eigenvalue weighted by Gasteiger charge is -2.15. The summed E-state index contributed by atoms with van der Waals surface area (Å²) in [5.41, 5.74) is 2.63. The van der Waals surface area contributed by atoms with Gasteiger partial charge in [-0.3, -0.25) is 4.79 Å². The number of hydrogen-bond acceptors (Lipinski definition) is 1. The summed E-state index contributed by atoms with van der Waals surface area (Å²) in [4.78, 5) is 10.8. The number of carbonyl (C=O) groups is 1. The fourth-order valence-corrected chi connectivity index (χ4v) is 3.88. The highest BCUT2D eigenvalue weighted by molar-refractivity contribution is 6.24. The summed E-state index contributed by atoms with van der Waals surface area (Å²) in [6.07, 6.45) is 2.74. The van der Waals surface area contributed by atoms with Gasteiger partial charge in [-0.2, -0.15) is 0 Å². The monoisotopic (exact) mass is 316 g/mol. The van der Waals surface area contributed by atoms with Gasteiger partial charge in [0.2, 0.25) is 0 Å². The number of aryl methyl sites for hydroxylation is 2. The number of carboxylic acid groups (broad SMARTS) is 1. The summed E-state index contributed by atoms with van der Waals surface area (Å²) in [5.74, 6) is -0.722. The average molecular weight is 316 g/mol. The zero-order valence-corrected chi connectivity index (χ0v) is 13.8. The van der Waals surface area contributed by atoms with Crippen molar-refractivity contribution in [1.82, 2.24) is 0 Å². The third-order valence-corrected chi connectivity index (χ3v) is 5.06. The van der Waals surface area contributed by atoms with Crippen LogP contribution in [0.4, 0.5) is 0 Å². The van der Waals surface area contributed by atoms with Gasteiger partial charge >= 0.3 is 5.97 Å². The van der Waals surface area contributed by atoms with E-state index in [4.69, 9.17) is 5.11 Å². The second-order valence-corrected chi connectivity index (χ2v) is 6.47. The lowest BCUT2D eigenvalue weighted by molar-refractivity contribution is -0.137. The number of benzene rings is 4. The van der Waals surface area contributed by atoms with Gasteiger partial charge in [0.15, 0.2) is 0 Å². The van der Waals surface area contributed by atoms with Crippen LogP contribution in [0.25, 0.3) is 32.3 Å². The maximum absolute atomic E-state index is 10.8. The minimum Gasteiger partial charge on any atom is -0.481 e. The van der Waals surface area contributed by atoms with E-state index < -0.39 is 5.97 Å². The van der Waals surface area contributed by atoms with Crippen LogP contribution in [0.5, 0.6) is 0 Å². The van der Waals surface area contributed by atoms with Crippen LogP contribution in [0, 0.1) is 0 Å². The van der Waals surface area contributed by atoms with Gasteiger partial charge in [-0.15, -0.1) is 0 Å². The molecule has 0 aromatic heterocycles. The van der Waals surface area contributed by atoms with Gasteiger partial charge in [-0.05, 0) is 62.7 Å². The van der Waals surface area contributed by atoms with E-state index in [9.17, 15) is 4.79 Å². The average Bonchev–Trinajstić information content (AvgIpc) is 2.60. The molecular formula is C22H20O2. The van der Waals surface area contributed by atoms with Gasteiger partial charge in [0.25, 0.3) is 0 Å². The molecule has 0 radical (unpaired) electrons. The van der Waals surface area contributed by atoms with Crippen molar-refractivity contribution >= 4 is 38.3 Å². The minimum atomic E-state index is -0.722. The van der Waals surface area contributed by atoms with Crippen LogP contribution in [0.3, 0.4) is 0 Å². The van der Waals surface area contributed by atoms with Crippen LogP contribution in [0.1, 0.15) is 30.9 Å². The van der Waals surface area contributed by atoms with Crippen molar-refractivity contribution in [3.8, 4) is 0 Å². The molecule has 0 fully saturated rings. The maximum atomic E-state index is 10.8. The van der Waals surface area contributed by atoms with E-state index in [0.717, 1.165) is 12.8 Å². The number of aliphatic carboxylic acids is 1. The standard InChI is InChI=1S/C22H20O2/c1-2-14-6-8-16-10-11-17-9-7-15(4-3-5-20(23)24)19-13-12-18(14)21(16)22(17)19/h6-13H,2-5H2,1H3,(H,23,24). The van der Waals surface area contributed by atoms with Gasteiger partial charge < -0.3 is 5.11 Å². The fourth-order valence-electron chi connectivity index (χ4n) is 3.88. The summed E-state index contributed by atoms with van der Waals surface area (Å²) >= 11 is 0. The van der Waals surface area contributed by atoms with E-state index in [-0.39, 0.29) is 6.42 Å². The maximum Gasteiger partial charge on any atom is 0.303 e. The lowest BCUT2D eigenvalue weighted by atomic mass is 9.88. The molecule has 0 aliphatic heterocycles. The molecule has 0 bridgehead atoms. The lowest BCUT2D eigenvalue weighted by Crippen LogP contribution is -1.97. The van der Waals surface area contributed by atoms with Gasteiger partial charge in [0.1, 0.15) is 0 Å². The van der Waals surface area contributed by atoms with Gasteiger partial charge in [0.05, 0.1) is 0 Å². The SMILES string of the molecule is CCc1ccc2ccc3ccc(CCCC(=O)O)c4ccc1c2c34. The highest BCUT2D eigenvalue weighted by atomic mass is 16.4. The Hall–Kier alpha value is -2.61. The molecule has 0 unspecified atom stereocenters. The molecule has 120 valence electrons. The predicted molar refractivity (Wildman–Crippen MR) is 100 cm³/mol. The first-order chi connectivity index (χ1) is 11.7. The quantitative estimate of drug-likeness (QED) is 0.490. The molecule has 0 aliphatic rings. The summed E-state index contributed by atoms with van der Waals surface area (Å²) in [7, 11) is 0. The van der Waals surface area contributed by atoms with E-state index >= 15 is 0 Å². The minimum absolute atomic E-state index is 0.224. The zero-order valence-electron chi connectivity index (χ0n) is 13.8. The third kappa shape index (κ3) is 2.30. The van der Waals surface area contributed by atoms with Crippen LogP contribution < -0.4 is 0 Å². The second kappa shape index (κ2) is 5.79. The Morgan fingerprint density at radius 2 is 1.38 bits per heavy atom. The molecule has 0 atom stereocenters. The number of carboxylic acids is 1. The van der Waals surface area contributed by atoms with Crippen LogP contribution in [-0.4, -0.2) is 11.1 Å². The zero-order chi connectivity index (χ0) is 16.7. The Morgan fingerprint density at radius 1 is 0.833 bits per heavy atom. The summed E-state index contributed by atoms with van der Waals surface area (Å²) in [6, 6.07) is 17.6. The second-order valence-electron chi connectivity index (χ2n) is 6.47. The molecule has 0 amide bonds. The summed E-state index contributed by atoms with van der Waals surface area (Å²) < 4.78 is 0. The highest BCUT2D eigenvalue weighted by Crippen LogP contribution is 2.37. The Balaban J connectivity index is 1.96. The normalized spacial score (nSPS) is 11.7. The van der Waals surface area contributed by atoms with Crippen LogP contribution in [0.15, 0.2) is 48.5 Å². The van der Waals surface area contributed by atoms with Gasteiger partial charge in [0, 0.05) is 6.42 Å². The van der Waals surface area contributed by atoms with Crippen molar-refractivity contribution in [2.75, 3.05) is 0 Å². The number of hydrogen-bond donors (Lipinski definition) is 1.